The molecule has 0 fully saturated rings. The summed E-state index contributed by atoms with van der Waals surface area (Å²) in [6.07, 6.45) is 0.798. The van der Waals surface area contributed by atoms with Gasteiger partial charge in [-0.1, -0.05) is 28.9 Å². The van der Waals surface area contributed by atoms with Gasteiger partial charge in [-0.15, -0.1) is 0 Å². The molecule has 0 amide bonds. The molecule has 2 N–H and O–H groups in total. The van der Waals surface area contributed by atoms with Crippen LogP contribution in [-0.2, 0) is 6.42 Å². The summed E-state index contributed by atoms with van der Waals surface area (Å²) in [5.41, 5.74) is 1.54. The molecule has 0 aliphatic carbocycles. The lowest BCUT2D eigenvalue weighted by atomic mass is 9.76. The van der Waals surface area contributed by atoms with Crippen molar-refractivity contribution in [2.45, 2.75) is 13.3 Å². The first-order valence-electron chi connectivity index (χ1n) is 3.79. The average Bonchev–Trinajstić information content (AvgIpc) is 2.03. The molecule has 0 unspecified atom stereocenters. The maximum absolute atomic E-state index is 8.97. The van der Waals surface area contributed by atoms with Gasteiger partial charge < -0.3 is 10.0 Å². The van der Waals surface area contributed by atoms with E-state index in [1.54, 1.807) is 12.1 Å². The zero-order chi connectivity index (χ0) is 9.14. The largest absolute Gasteiger partial charge is 0.488 e. The Morgan fingerprint density at radius 3 is 2.58 bits per heavy atom. The first-order chi connectivity index (χ1) is 5.65. The number of hydrogen-bond donors (Lipinski definition) is 2. The highest BCUT2D eigenvalue weighted by Crippen LogP contribution is 2.10. The van der Waals surface area contributed by atoms with E-state index < -0.39 is 7.12 Å². The van der Waals surface area contributed by atoms with Crippen LogP contribution in [0, 0.1) is 0 Å². The Morgan fingerprint density at radius 1 is 1.42 bits per heavy atom. The smallest absolute Gasteiger partial charge is 0.423 e. The molecular weight excluding hydrogens is 219 g/mol. The van der Waals surface area contributed by atoms with E-state index in [-0.39, 0.29) is 0 Å². The second-order valence-electron chi connectivity index (χ2n) is 2.57. The summed E-state index contributed by atoms with van der Waals surface area (Å²) >= 11 is 3.32. The van der Waals surface area contributed by atoms with Crippen LogP contribution in [0.4, 0.5) is 0 Å². The molecule has 0 bridgehead atoms. The second-order valence-corrected chi connectivity index (χ2v) is 3.49. The molecule has 0 aliphatic heterocycles. The standard InChI is InChI=1S/C8H10BBrO2/c1-2-6-5-7(10)3-4-8(6)9(11)12/h3-5,11-12H,2H2,1H3. The predicted octanol–water partition coefficient (Wildman–Crippen LogP) is 0.691. The first-order valence-corrected chi connectivity index (χ1v) is 4.59. The van der Waals surface area contributed by atoms with Crippen molar-refractivity contribution < 1.29 is 10.0 Å². The highest BCUT2D eigenvalue weighted by molar-refractivity contribution is 9.10. The van der Waals surface area contributed by atoms with Crippen LogP contribution < -0.4 is 5.46 Å². The molecular formula is C8H10BBrO2. The van der Waals surface area contributed by atoms with Crippen LogP contribution in [0.5, 0.6) is 0 Å². The van der Waals surface area contributed by atoms with Crippen LogP contribution in [0.3, 0.4) is 0 Å². The minimum atomic E-state index is -1.37. The van der Waals surface area contributed by atoms with Crippen LogP contribution in [0.2, 0.25) is 0 Å². The fourth-order valence-corrected chi connectivity index (χ4v) is 1.54. The molecule has 1 aromatic rings. The van der Waals surface area contributed by atoms with Crippen LogP contribution in [0.25, 0.3) is 0 Å². The number of benzene rings is 1. The maximum Gasteiger partial charge on any atom is 0.488 e. The number of aryl methyl sites for hydroxylation is 1. The summed E-state index contributed by atoms with van der Waals surface area (Å²) < 4.78 is 0.962. The SMILES string of the molecule is CCc1cc(Br)ccc1B(O)O. The minimum Gasteiger partial charge on any atom is -0.423 e. The highest BCUT2D eigenvalue weighted by atomic mass is 79.9. The van der Waals surface area contributed by atoms with Gasteiger partial charge in [0.25, 0.3) is 0 Å². The quantitative estimate of drug-likeness (QED) is 0.732. The van der Waals surface area contributed by atoms with E-state index in [1.165, 1.54) is 0 Å². The van der Waals surface area contributed by atoms with E-state index in [0.29, 0.717) is 5.46 Å². The molecule has 1 aromatic carbocycles. The van der Waals surface area contributed by atoms with Gasteiger partial charge in [0, 0.05) is 4.47 Å². The third-order valence-corrected chi connectivity index (χ3v) is 2.26. The lowest BCUT2D eigenvalue weighted by Gasteiger charge is -2.06. The molecule has 2 nitrogen and oxygen atoms in total. The monoisotopic (exact) mass is 228 g/mol. The number of halogens is 1. The van der Waals surface area contributed by atoms with E-state index in [4.69, 9.17) is 10.0 Å². The molecule has 0 heterocycles. The normalized spacial score (nSPS) is 10.0. The summed E-state index contributed by atoms with van der Waals surface area (Å²) in [6.45, 7) is 1.98. The van der Waals surface area contributed by atoms with Gasteiger partial charge in [0.05, 0.1) is 0 Å². The topological polar surface area (TPSA) is 40.5 Å². The van der Waals surface area contributed by atoms with Gasteiger partial charge in [0.1, 0.15) is 0 Å². The Labute approximate surface area is 80.5 Å². The van der Waals surface area contributed by atoms with Gasteiger partial charge in [0.15, 0.2) is 0 Å². The molecule has 0 saturated carbocycles. The van der Waals surface area contributed by atoms with Gasteiger partial charge in [-0.25, -0.2) is 0 Å². The van der Waals surface area contributed by atoms with Crippen LogP contribution in [-0.4, -0.2) is 17.2 Å². The lowest BCUT2D eigenvalue weighted by molar-refractivity contribution is 0.425. The second kappa shape index (κ2) is 4.07. The summed E-state index contributed by atoms with van der Waals surface area (Å²) in [6, 6.07) is 5.41. The fourth-order valence-electron chi connectivity index (χ4n) is 1.13. The van der Waals surface area contributed by atoms with Gasteiger partial charge in [-0.3, -0.25) is 0 Å². The van der Waals surface area contributed by atoms with Crippen molar-refractivity contribution in [1.29, 1.82) is 0 Å². The van der Waals surface area contributed by atoms with Crippen LogP contribution in [0.15, 0.2) is 22.7 Å². The summed E-state index contributed by atoms with van der Waals surface area (Å²) in [7, 11) is -1.37. The Balaban J connectivity index is 3.11. The fraction of sp³-hybridized carbons (Fsp3) is 0.250. The zero-order valence-electron chi connectivity index (χ0n) is 6.79. The van der Waals surface area contributed by atoms with Crippen molar-refractivity contribution in [1.82, 2.24) is 0 Å². The van der Waals surface area contributed by atoms with Crippen LogP contribution >= 0.6 is 15.9 Å². The van der Waals surface area contributed by atoms with E-state index in [2.05, 4.69) is 15.9 Å². The Hall–Kier alpha value is -0.315. The third kappa shape index (κ3) is 2.09. The average molecular weight is 229 g/mol. The van der Waals surface area contributed by atoms with Gasteiger partial charge in [-0.2, -0.15) is 0 Å². The third-order valence-electron chi connectivity index (χ3n) is 1.76. The van der Waals surface area contributed by atoms with Crippen molar-refractivity contribution in [3.8, 4) is 0 Å². The van der Waals surface area contributed by atoms with Gasteiger partial charge >= 0.3 is 7.12 Å². The van der Waals surface area contributed by atoms with Crippen molar-refractivity contribution >= 4 is 28.5 Å². The molecule has 0 aromatic heterocycles. The summed E-state index contributed by atoms with van der Waals surface area (Å²) in [5, 5.41) is 17.9. The van der Waals surface area contributed by atoms with Crippen molar-refractivity contribution in [3.05, 3.63) is 28.2 Å². The van der Waals surface area contributed by atoms with Crippen molar-refractivity contribution in [2.24, 2.45) is 0 Å². The molecule has 4 heteroatoms. The molecule has 0 radical (unpaired) electrons. The summed E-state index contributed by atoms with van der Waals surface area (Å²) in [4.78, 5) is 0. The van der Waals surface area contributed by atoms with E-state index in [9.17, 15) is 0 Å². The van der Waals surface area contributed by atoms with E-state index in [0.717, 1.165) is 16.5 Å². The molecule has 1 rings (SSSR count). The molecule has 64 valence electrons. The predicted molar refractivity (Wildman–Crippen MR) is 53.3 cm³/mol. The van der Waals surface area contributed by atoms with E-state index >= 15 is 0 Å². The van der Waals surface area contributed by atoms with Crippen molar-refractivity contribution in [3.63, 3.8) is 0 Å². The molecule has 0 atom stereocenters. The minimum absolute atomic E-state index is 0.584. The zero-order valence-corrected chi connectivity index (χ0v) is 8.37. The summed E-state index contributed by atoms with van der Waals surface area (Å²) in [5.74, 6) is 0. The van der Waals surface area contributed by atoms with E-state index in [1.807, 2.05) is 13.0 Å². The molecule has 12 heavy (non-hydrogen) atoms. The Kier molecular flexibility index (Phi) is 3.32. The van der Waals surface area contributed by atoms with Gasteiger partial charge in [0.2, 0.25) is 0 Å². The molecule has 0 spiro atoms. The van der Waals surface area contributed by atoms with Crippen molar-refractivity contribution in [2.75, 3.05) is 0 Å². The first kappa shape index (κ1) is 9.77. The number of rotatable bonds is 2. The molecule has 0 aliphatic rings. The lowest BCUT2D eigenvalue weighted by Crippen LogP contribution is -2.32. The Bertz CT molecular complexity index is 276. The number of hydrogen-bond acceptors (Lipinski definition) is 2. The maximum atomic E-state index is 8.97. The van der Waals surface area contributed by atoms with Gasteiger partial charge in [-0.05, 0) is 29.6 Å². The Morgan fingerprint density at radius 2 is 2.08 bits per heavy atom. The molecule has 0 saturated heterocycles. The highest BCUT2D eigenvalue weighted by Gasteiger charge is 2.14. The van der Waals surface area contributed by atoms with Crippen LogP contribution in [0.1, 0.15) is 12.5 Å².